The molecule has 1 fully saturated rings. The van der Waals surface area contributed by atoms with Crippen LogP contribution in [0.3, 0.4) is 0 Å². The number of amides is 2. The number of imide groups is 1. The van der Waals surface area contributed by atoms with E-state index in [0.717, 1.165) is 5.56 Å². The van der Waals surface area contributed by atoms with Crippen molar-refractivity contribution >= 4 is 27.5 Å². The van der Waals surface area contributed by atoms with Gasteiger partial charge in [-0.15, -0.1) is 0 Å². The molecule has 1 aromatic carbocycles. The number of hydrogen-bond acceptors (Lipinski definition) is 6. The molecule has 1 N–H and O–H groups in total. The number of rotatable bonds is 5. The van der Waals surface area contributed by atoms with Gasteiger partial charge in [0.05, 0.1) is 6.54 Å². The number of hydrogen-bond donors (Lipinski definition) is 1. The van der Waals surface area contributed by atoms with Gasteiger partial charge in [-0.05, 0) is 31.5 Å². The molecule has 0 saturated carbocycles. The van der Waals surface area contributed by atoms with Crippen molar-refractivity contribution in [3.63, 3.8) is 0 Å². The van der Waals surface area contributed by atoms with Gasteiger partial charge in [0.25, 0.3) is 10.0 Å². The molecule has 3 rings (SSSR count). The maximum Gasteiger partial charge on any atom is 0.267 e. The van der Waals surface area contributed by atoms with Crippen molar-refractivity contribution in [1.82, 2.24) is 10.1 Å². The Bertz CT molecular complexity index is 896. The predicted octanol–water partition coefficient (Wildman–Crippen LogP) is 1.74. The molecule has 9 heteroatoms. The number of nitrogens with one attached hydrogen (secondary N) is 1. The molecule has 25 heavy (non-hydrogen) atoms. The first-order chi connectivity index (χ1) is 11.8. The summed E-state index contributed by atoms with van der Waals surface area (Å²) in [5.41, 5.74) is 1.39. The van der Waals surface area contributed by atoms with Crippen molar-refractivity contribution in [3.05, 3.63) is 41.3 Å². The van der Waals surface area contributed by atoms with Crippen LogP contribution in [0, 0.1) is 13.8 Å². The average Bonchev–Trinajstić information content (AvgIpc) is 3.05. The van der Waals surface area contributed by atoms with E-state index >= 15 is 0 Å². The van der Waals surface area contributed by atoms with Crippen LogP contribution in [-0.2, 0) is 26.2 Å². The Kier molecular flexibility index (Phi) is 4.34. The van der Waals surface area contributed by atoms with Crippen LogP contribution in [0.4, 0.5) is 5.69 Å². The third kappa shape index (κ3) is 3.41. The van der Waals surface area contributed by atoms with E-state index in [1.807, 2.05) is 0 Å². The minimum Gasteiger partial charge on any atom is -0.360 e. The fourth-order valence-electron chi connectivity index (χ4n) is 2.72. The molecule has 0 aliphatic carbocycles. The third-order valence-corrected chi connectivity index (χ3v) is 5.56. The number of sulfonamides is 1. The number of carbonyl (C=O) groups excluding carboxylic acids is 2. The molecule has 2 aromatic rings. The van der Waals surface area contributed by atoms with Gasteiger partial charge in [0.2, 0.25) is 11.8 Å². The van der Waals surface area contributed by atoms with Crippen LogP contribution in [0.15, 0.2) is 33.7 Å². The second-order valence-electron chi connectivity index (χ2n) is 5.83. The van der Waals surface area contributed by atoms with Crippen LogP contribution in [0.1, 0.15) is 29.9 Å². The van der Waals surface area contributed by atoms with Crippen LogP contribution in [0.2, 0.25) is 0 Å². The van der Waals surface area contributed by atoms with E-state index in [0.29, 0.717) is 5.69 Å². The average molecular weight is 363 g/mol. The molecule has 8 nitrogen and oxygen atoms in total. The maximum absolute atomic E-state index is 12.4. The van der Waals surface area contributed by atoms with Gasteiger partial charge in [-0.25, -0.2) is 8.42 Å². The van der Waals surface area contributed by atoms with Crippen LogP contribution in [0.5, 0.6) is 0 Å². The van der Waals surface area contributed by atoms with E-state index in [4.69, 9.17) is 4.52 Å². The summed E-state index contributed by atoms with van der Waals surface area (Å²) in [4.78, 5) is 24.5. The molecule has 0 bridgehead atoms. The lowest BCUT2D eigenvalue weighted by atomic mass is 10.2. The van der Waals surface area contributed by atoms with Gasteiger partial charge in [0, 0.05) is 18.5 Å². The highest BCUT2D eigenvalue weighted by atomic mass is 32.2. The van der Waals surface area contributed by atoms with Crippen LogP contribution < -0.4 is 4.72 Å². The Balaban J connectivity index is 1.75. The Morgan fingerprint density at radius 2 is 1.72 bits per heavy atom. The van der Waals surface area contributed by atoms with Crippen molar-refractivity contribution in [2.45, 2.75) is 38.1 Å². The fraction of sp³-hybridized carbons (Fsp3) is 0.312. The highest BCUT2D eigenvalue weighted by Gasteiger charge is 2.28. The van der Waals surface area contributed by atoms with Crippen LogP contribution >= 0.6 is 0 Å². The Labute approximate surface area is 144 Å². The van der Waals surface area contributed by atoms with Crippen molar-refractivity contribution in [1.29, 1.82) is 0 Å². The monoisotopic (exact) mass is 363 g/mol. The van der Waals surface area contributed by atoms with Crippen molar-refractivity contribution in [2.24, 2.45) is 0 Å². The molecule has 0 radical (unpaired) electrons. The second kappa shape index (κ2) is 6.32. The lowest BCUT2D eigenvalue weighted by molar-refractivity contribution is -0.139. The smallest absolute Gasteiger partial charge is 0.267 e. The maximum atomic E-state index is 12.4. The molecule has 0 unspecified atom stereocenters. The molecular weight excluding hydrogens is 346 g/mol. The third-order valence-electron chi connectivity index (χ3n) is 3.94. The van der Waals surface area contributed by atoms with Crippen molar-refractivity contribution in [2.75, 3.05) is 4.72 Å². The molecule has 0 atom stereocenters. The number of carbonyl (C=O) groups is 2. The predicted molar refractivity (Wildman–Crippen MR) is 88.0 cm³/mol. The highest BCUT2D eigenvalue weighted by molar-refractivity contribution is 7.92. The first kappa shape index (κ1) is 17.2. The standard InChI is InChI=1S/C16H17N3O5S/c1-10-16(11(2)24-17-10)25(22,23)18-13-5-3-12(4-6-13)9-19-14(20)7-8-15(19)21/h3-6,18H,7-9H2,1-2H3. The Hall–Kier alpha value is -2.68. The Morgan fingerprint density at radius 1 is 1.12 bits per heavy atom. The lowest BCUT2D eigenvalue weighted by Gasteiger charge is -2.14. The SMILES string of the molecule is Cc1noc(C)c1S(=O)(=O)Nc1ccc(CN2C(=O)CCC2=O)cc1. The van der Waals surface area contributed by atoms with Gasteiger partial charge in [-0.3, -0.25) is 19.2 Å². The van der Waals surface area contributed by atoms with Gasteiger partial charge >= 0.3 is 0 Å². The summed E-state index contributed by atoms with van der Waals surface area (Å²) in [6, 6.07) is 6.50. The van der Waals surface area contributed by atoms with E-state index in [1.54, 1.807) is 31.2 Å². The van der Waals surface area contributed by atoms with Gasteiger partial charge in [0.1, 0.15) is 5.69 Å². The van der Waals surface area contributed by atoms with E-state index in [2.05, 4.69) is 9.88 Å². The summed E-state index contributed by atoms with van der Waals surface area (Å²) >= 11 is 0. The quantitative estimate of drug-likeness (QED) is 0.810. The largest absolute Gasteiger partial charge is 0.360 e. The summed E-state index contributed by atoms with van der Waals surface area (Å²) in [6.07, 6.45) is 0.488. The zero-order valence-electron chi connectivity index (χ0n) is 13.8. The minimum atomic E-state index is -3.81. The van der Waals surface area contributed by atoms with Gasteiger partial charge < -0.3 is 4.52 Å². The lowest BCUT2D eigenvalue weighted by Crippen LogP contribution is -2.28. The molecule has 132 valence electrons. The summed E-state index contributed by atoms with van der Waals surface area (Å²) in [6.45, 7) is 3.27. The number of nitrogens with zero attached hydrogens (tertiary/aromatic N) is 2. The van der Waals surface area contributed by atoms with Crippen LogP contribution in [0.25, 0.3) is 0 Å². The van der Waals surface area contributed by atoms with E-state index < -0.39 is 10.0 Å². The van der Waals surface area contributed by atoms with Crippen molar-refractivity contribution < 1.29 is 22.5 Å². The molecule has 1 aliphatic heterocycles. The summed E-state index contributed by atoms with van der Waals surface area (Å²) in [5, 5.41) is 3.65. The van der Waals surface area contributed by atoms with Crippen LogP contribution in [-0.4, -0.2) is 30.3 Å². The summed E-state index contributed by atoms with van der Waals surface area (Å²) < 4.78 is 32.3. The molecular formula is C16H17N3O5S. The first-order valence-electron chi connectivity index (χ1n) is 7.66. The molecule has 0 spiro atoms. The molecule has 1 aromatic heterocycles. The van der Waals surface area contributed by atoms with E-state index in [1.165, 1.54) is 11.8 Å². The Morgan fingerprint density at radius 3 is 2.24 bits per heavy atom. The van der Waals surface area contributed by atoms with Gasteiger partial charge in [0.15, 0.2) is 10.7 Å². The topological polar surface area (TPSA) is 110 Å². The number of aryl methyl sites for hydroxylation is 2. The number of anilines is 1. The minimum absolute atomic E-state index is 0.0184. The van der Waals surface area contributed by atoms with Gasteiger partial charge in [-0.1, -0.05) is 17.3 Å². The zero-order chi connectivity index (χ0) is 18.2. The molecule has 1 aliphatic rings. The molecule has 1 saturated heterocycles. The van der Waals surface area contributed by atoms with Gasteiger partial charge in [-0.2, -0.15) is 0 Å². The summed E-state index contributed by atoms with van der Waals surface area (Å²) in [7, 11) is -3.81. The number of benzene rings is 1. The number of aromatic nitrogens is 1. The van der Waals surface area contributed by atoms with E-state index in [-0.39, 0.29) is 47.6 Å². The molecule has 2 amide bonds. The highest BCUT2D eigenvalue weighted by Crippen LogP contribution is 2.23. The molecule has 2 heterocycles. The summed E-state index contributed by atoms with van der Waals surface area (Å²) in [5.74, 6) is -0.158. The fourth-order valence-corrected chi connectivity index (χ4v) is 4.11. The second-order valence-corrected chi connectivity index (χ2v) is 7.45. The van der Waals surface area contributed by atoms with Crippen molar-refractivity contribution in [3.8, 4) is 0 Å². The first-order valence-corrected chi connectivity index (χ1v) is 9.14. The zero-order valence-corrected chi connectivity index (χ0v) is 14.6. The number of likely N-dealkylation sites (tertiary alicyclic amines) is 1. The normalized spacial score (nSPS) is 15.0. The van der Waals surface area contributed by atoms with E-state index in [9.17, 15) is 18.0 Å².